The molecule has 1 heterocycles. The Kier molecular flexibility index (Phi) is 7.60. The Morgan fingerprint density at radius 1 is 1.08 bits per heavy atom. The lowest BCUT2D eigenvalue weighted by Crippen LogP contribution is -2.14. The third kappa shape index (κ3) is 5.26. The molecule has 0 aromatic heterocycles. The second kappa shape index (κ2) is 9.96. The summed E-state index contributed by atoms with van der Waals surface area (Å²) in [6.07, 6.45) is 9.71. The lowest BCUT2D eigenvalue weighted by molar-refractivity contribution is -0.138. The van der Waals surface area contributed by atoms with Gasteiger partial charge in [-0.25, -0.2) is 4.79 Å². The summed E-state index contributed by atoms with van der Waals surface area (Å²) in [4.78, 5) is 12.2. The van der Waals surface area contributed by atoms with E-state index in [2.05, 4.69) is 6.92 Å². The second-order valence-corrected chi connectivity index (χ2v) is 6.04. The fourth-order valence-electron chi connectivity index (χ4n) is 2.82. The first-order valence-corrected chi connectivity index (χ1v) is 9.08. The van der Waals surface area contributed by atoms with Gasteiger partial charge in [0.25, 0.3) is 0 Å². The maximum Gasteiger partial charge on any atom is 0.338 e. The van der Waals surface area contributed by atoms with Gasteiger partial charge in [0.15, 0.2) is 0 Å². The highest BCUT2D eigenvalue weighted by Crippen LogP contribution is 2.32. The Morgan fingerprint density at radius 2 is 1.83 bits per heavy atom. The van der Waals surface area contributed by atoms with Gasteiger partial charge in [0.05, 0.1) is 12.2 Å². The van der Waals surface area contributed by atoms with Gasteiger partial charge < -0.3 is 9.47 Å². The fraction of sp³-hybridized carbons (Fsp3) is 0.476. The largest absolute Gasteiger partial charge is 0.463 e. The van der Waals surface area contributed by atoms with Crippen LogP contribution in [0, 0.1) is 0 Å². The molecular formula is C21H28O3. The highest BCUT2D eigenvalue weighted by Gasteiger charge is 2.23. The molecule has 0 saturated carbocycles. The van der Waals surface area contributed by atoms with E-state index in [0.717, 1.165) is 24.2 Å². The number of hydrogen-bond acceptors (Lipinski definition) is 3. The summed E-state index contributed by atoms with van der Waals surface area (Å²) in [5.74, 6) is 1.34. The van der Waals surface area contributed by atoms with Gasteiger partial charge in [-0.15, -0.1) is 0 Å². The van der Waals surface area contributed by atoms with Crippen LogP contribution in [0.15, 0.2) is 47.7 Å². The standard InChI is InChI=1S/C21H28O3/c1-3-5-6-7-11-14-18-15-16-19(21(22)23-4-2)20(24-18)17-12-9-8-10-13-17/h8-10,12-13,15H,3-7,11,14,16H2,1-2H3. The quantitative estimate of drug-likeness (QED) is 0.435. The molecule has 0 radical (unpaired) electrons. The van der Waals surface area contributed by atoms with E-state index in [1.165, 1.54) is 25.7 Å². The van der Waals surface area contributed by atoms with Gasteiger partial charge in [0.2, 0.25) is 0 Å². The van der Waals surface area contributed by atoms with Crippen molar-refractivity contribution < 1.29 is 14.3 Å². The number of benzene rings is 1. The topological polar surface area (TPSA) is 35.5 Å². The van der Waals surface area contributed by atoms with Crippen LogP contribution in [0.4, 0.5) is 0 Å². The van der Waals surface area contributed by atoms with E-state index in [1.807, 2.05) is 43.3 Å². The van der Waals surface area contributed by atoms with Gasteiger partial charge in [0, 0.05) is 18.4 Å². The van der Waals surface area contributed by atoms with Crippen molar-refractivity contribution in [2.24, 2.45) is 0 Å². The molecule has 1 aromatic carbocycles. The lowest BCUT2D eigenvalue weighted by Gasteiger charge is -2.21. The fourth-order valence-corrected chi connectivity index (χ4v) is 2.82. The molecule has 0 unspecified atom stereocenters. The van der Waals surface area contributed by atoms with Crippen LogP contribution in [0.1, 0.15) is 64.4 Å². The Morgan fingerprint density at radius 3 is 2.54 bits per heavy atom. The molecule has 0 fully saturated rings. The van der Waals surface area contributed by atoms with Crippen LogP contribution in [-0.4, -0.2) is 12.6 Å². The molecule has 0 N–H and O–H groups in total. The number of unbranched alkanes of at least 4 members (excludes halogenated alkanes) is 4. The summed E-state index contributed by atoms with van der Waals surface area (Å²) in [6, 6.07) is 9.81. The average molecular weight is 328 g/mol. The van der Waals surface area contributed by atoms with Crippen LogP contribution < -0.4 is 0 Å². The molecule has 0 amide bonds. The van der Waals surface area contributed by atoms with Crippen molar-refractivity contribution in [3.8, 4) is 0 Å². The zero-order valence-corrected chi connectivity index (χ0v) is 14.8. The molecular weight excluding hydrogens is 300 g/mol. The van der Waals surface area contributed by atoms with Crippen LogP contribution in [0.3, 0.4) is 0 Å². The highest BCUT2D eigenvalue weighted by molar-refractivity contribution is 5.97. The number of allylic oxidation sites excluding steroid dienone is 2. The van der Waals surface area contributed by atoms with E-state index < -0.39 is 0 Å². The van der Waals surface area contributed by atoms with E-state index in [1.54, 1.807) is 0 Å². The Hall–Kier alpha value is -2.03. The van der Waals surface area contributed by atoms with Crippen LogP contribution in [0.2, 0.25) is 0 Å². The zero-order valence-electron chi connectivity index (χ0n) is 14.8. The van der Waals surface area contributed by atoms with Crippen molar-refractivity contribution in [3.63, 3.8) is 0 Å². The second-order valence-electron chi connectivity index (χ2n) is 6.04. The third-order valence-corrected chi connectivity index (χ3v) is 4.13. The highest BCUT2D eigenvalue weighted by atomic mass is 16.5. The van der Waals surface area contributed by atoms with Gasteiger partial charge in [-0.1, -0.05) is 62.9 Å². The SMILES string of the molecule is CCCCCCCC1=CCC(C(=O)OCC)=C(c2ccccc2)O1. The molecule has 1 aliphatic rings. The van der Waals surface area contributed by atoms with Crippen molar-refractivity contribution in [1.29, 1.82) is 0 Å². The third-order valence-electron chi connectivity index (χ3n) is 4.13. The van der Waals surface area contributed by atoms with E-state index in [-0.39, 0.29) is 5.97 Å². The van der Waals surface area contributed by atoms with Crippen molar-refractivity contribution in [2.75, 3.05) is 6.61 Å². The lowest BCUT2D eigenvalue weighted by atomic mass is 10.0. The van der Waals surface area contributed by atoms with Gasteiger partial charge in [-0.3, -0.25) is 0 Å². The molecule has 1 aliphatic heterocycles. The Labute approximate surface area is 145 Å². The van der Waals surface area contributed by atoms with Gasteiger partial charge in [-0.05, 0) is 19.4 Å². The Bertz CT molecular complexity index is 584. The molecule has 0 atom stereocenters. The van der Waals surface area contributed by atoms with Crippen molar-refractivity contribution in [3.05, 3.63) is 53.3 Å². The minimum atomic E-state index is -0.283. The van der Waals surface area contributed by atoms with E-state index in [9.17, 15) is 4.79 Å². The molecule has 0 aliphatic carbocycles. The monoisotopic (exact) mass is 328 g/mol. The van der Waals surface area contributed by atoms with Crippen LogP contribution in [0.5, 0.6) is 0 Å². The molecule has 0 bridgehead atoms. The van der Waals surface area contributed by atoms with Crippen molar-refractivity contribution >= 4 is 11.7 Å². The first-order valence-electron chi connectivity index (χ1n) is 9.08. The summed E-state index contributed by atoms with van der Waals surface area (Å²) in [6.45, 7) is 4.42. The number of hydrogen-bond donors (Lipinski definition) is 0. The summed E-state index contributed by atoms with van der Waals surface area (Å²) in [5.41, 5.74) is 1.54. The predicted octanol–water partition coefficient (Wildman–Crippen LogP) is 5.63. The maximum absolute atomic E-state index is 12.2. The summed E-state index contributed by atoms with van der Waals surface area (Å²) < 4.78 is 11.3. The maximum atomic E-state index is 12.2. The molecule has 3 nitrogen and oxygen atoms in total. The van der Waals surface area contributed by atoms with Crippen LogP contribution in [-0.2, 0) is 14.3 Å². The first kappa shape index (κ1) is 18.3. The minimum absolute atomic E-state index is 0.283. The molecule has 130 valence electrons. The molecule has 24 heavy (non-hydrogen) atoms. The molecule has 1 aromatic rings. The summed E-state index contributed by atoms with van der Waals surface area (Å²) in [7, 11) is 0. The number of esters is 1. The van der Waals surface area contributed by atoms with Crippen LogP contribution in [0.25, 0.3) is 5.76 Å². The van der Waals surface area contributed by atoms with E-state index in [0.29, 0.717) is 24.4 Å². The number of ether oxygens (including phenoxy) is 2. The minimum Gasteiger partial charge on any atom is -0.463 e. The molecule has 0 saturated heterocycles. The first-order chi connectivity index (χ1) is 11.8. The predicted molar refractivity (Wildman–Crippen MR) is 97.2 cm³/mol. The van der Waals surface area contributed by atoms with Crippen LogP contribution >= 0.6 is 0 Å². The van der Waals surface area contributed by atoms with Crippen molar-refractivity contribution in [2.45, 2.75) is 58.8 Å². The van der Waals surface area contributed by atoms with E-state index in [4.69, 9.17) is 9.47 Å². The smallest absolute Gasteiger partial charge is 0.338 e. The van der Waals surface area contributed by atoms with E-state index >= 15 is 0 Å². The molecule has 3 heteroatoms. The zero-order chi connectivity index (χ0) is 17.2. The normalized spacial score (nSPS) is 14.2. The number of rotatable bonds is 9. The molecule has 2 rings (SSSR count). The van der Waals surface area contributed by atoms with Gasteiger partial charge in [-0.2, -0.15) is 0 Å². The van der Waals surface area contributed by atoms with Crippen molar-refractivity contribution in [1.82, 2.24) is 0 Å². The number of carbonyl (C=O) groups is 1. The van der Waals surface area contributed by atoms with Gasteiger partial charge in [0.1, 0.15) is 11.5 Å². The van der Waals surface area contributed by atoms with Gasteiger partial charge >= 0.3 is 5.97 Å². The Balaban J connectivity index is 2.06. The average Bonchev–Trinajstić information content (AvgIpc) is 2.62. The summed E-state index contributed by atoms with van der Waals surface area (Å²) >= 11 is 0. The summed E-state index contributed by atoms with van der Waals surface area (Å²) in [5, 5.41) is 0. The molecule has 0 spiro atoms. The number of carbonyl (C=O) groups excluding carboxylic acids is 1.